The number of benzene rings is 1. The highest BCUT2D eigenvalue weighted by molar-refractivity contribution is 7.10. The van der Waals surface area contributed by atoms with Crippen LogP contribution in [-0.2, 0) is 4.79 Å². The number of hydrogen-bond donors (Lipinski definition) is 1. The Morgan fingerprint density at radius 2 is 2.00 bits per heavy atom. The van der Waals surface area contributed by atoms with E-state index in [0.29, 0.717) is 6.54 Å². The van der Waals surface area contributed by atoms with E-state index in [-0.39, 0.29) is 12.5 Å². The second-order valence-corrected chi connectivity index (χ2v) is 5.84. The lowest BCUT2D eigenvalue weighted by molar-refractivity contribution is -0.136. The normalized spacial score (nSPS) is 12.1. The van der Waals surface area contributed by atoms with E-state index in [4.69, 9.17) is 5.11 Å². The van der Waals surface area contributed by atoms with E-state index in [9.17, 15) is 4.79 Å². The molecule has 3 nitrogen and oxygen atoms in total. The van der Waals surface area contributed by atoms with Gasteiger partial charge < -0.3 is 10.0 Å². The van der Waals surface area contributed by atoms with Gasteiger partial charge in [0, 0.05) is 17.1 Å². The number of thiophene rings is 1. The summed E-state index contributed by atoms with van der Waals surface area (Å²) in [6, 6.07) is 12.5. The Balaban J connectivity index is 2.24. The van der Waals surface area contributed by atoms with Gasteiger partial charge in [-0.05, 0) is 37.4 Å². The van der Waals surface area contributed by atoms with Gasteiger partial charge in [0.2, 0.25) is 0 Å². The summed E-state index contributed by atoms with van der Waals surface area (Å²) in [4.78, 5) is 14.3. The van der Waals surface area contributed by atoms with Crippen molar-refractivity contribution in [2.24, 2.45) is 0 Å². The molecule has 1 aromatic heterocycles. The van der Waals surface area contributed by atoms with E-state index in [2.05, 4.69) is 47.5 Å². The minimum Gasteiger partial charge on any atom is -0.481 e. The number of rotatable bonds is 6. The van der Waals surface area contributed by atoms with Crippen LogP contribution in [0.1, 0.15) is 29.8 Å². The molecule has 2 aromatic rings. The van der Waals surface area contributed by atoms with E-state index >= 15 is 0 Å². The molecule has 0 spiro atoms. The number of carbonyl (C=O) groups is 1. The van der Waals surface area contributed by atoms with Gasteiger partial charge in [0.05, 0.1) is 12.5 Å². The van der Waals surface area contributed by atoms with E-state index in [1.807, 2.05) is 13.0 Å². The summed E-state index contributed by atoms with van der Waals surface area (Å²) in [6.45, 7) is 4.68. The van der Waals surface area contributed by atoms with Gasteiger partial charge in [-0.1, -0.05) is 23.8 Å². The molecule has 1 aromatic carbocycles. The smallest absolute Gasteiger partial charge is 0.305 e. The predicted molar refractivity (Wildman–Crippen MR) is 83.5 cm³/mol. The van der Waals surface area contributed by atoms with E-state index < -0.39 is 5.97 Å². The molecule has 1 heterocycles. The van der Waals surface area contributed by atoms with Crippen molar-refractivity contribution in [2.45, 2.75) is 26.3 Å². The summed E-state index contributed by atoms with van der Waals surface area (Å²) in [7, 11) is 0. The minimum atomic E-state index is -0.763. The van der Waals surface area contributed by atoms with Crippen LogP contribution in [0.3, 0.4) is 0 Å². The van der Waals surface area contributed by atoms with Crippen LogP contribution in [0.5, 0.6) is 0 Å². The molecule has 2 rings (SSSR count). The molecular formula is C16H19NO2S. The topological polar surface area (TPSA) is 40.5 Å². The zero-order valence-electron chi connectivity index (χ0n) is 11.7. The molecule has 0 aliphatic carbocycles. The lowest BCUT2D eigenvalue weighted by Crippen LogP contribution is -2.28. The average molecular weight is 289 g/mol. The molecular weight excluding hydrogens is 270 g/mol. The van der Waals surface area contributed by atoms with Crippen LogP contribution in [0, 0.1) is 6.92 Å². The first kappa shape index (κ1) is 14.6. The van der Waals surface area contributed by atoms with E-state index in [1.165, 1.54) is 10.4 Å². The summed E-state index contributed by atoms with van der Waals surface area (Å²) < 4.78 is 0. The second-order valence-electron chi connectivity index (χ2n) is 4.86. The number of anilines is 1. The molecule has 1 N–H and O–H groups in total. The highest BCUT2D eigenvalue weighted by atomic mass is 32.1. The third-order valence-corrected chi connectivity index (χ3v) is 4.40. The molecule has 0 aliphatic rings. The zero-order valence-corrected chi connectivity index (χ0v) is 12.6. The lowest BCUT2D eigenvalue weighted by Gasteiger charge is -2.30. The SMILES string of the molecule is Cc1ccc(N(CCC(=O)O)C(C)c2cccs2)cc1. The van der Waals surface area contributed by atoms with Crippen molar-refractivity contribution >= 4 is 23.0 Å². The number of nitrogens with zero attached hydrogens (tertiary/aromatic N) is 1. The van der Waals surface area contributed by atoms with Gasteiger partial charge in [0.1, 0.15) is 0 Å². The molecule has 4 heteroatoms. The monoisotopic (exact) mass is 289 g/mol. The molecule has 20 heavy (non-hydrogen) atoms. The maximum atomic E-state index is 10.9. The fourth-order valence-corrected chi connectivity index (χ4v) is 2.98. The van der Waals surface area contributed by atoms with Gasteiger partial charge in [0.25, 0.3) is 0 Å². The van der Waals surface area contributed by atoms with Crippen molar-refractivity contribution in [1.29, 1.82) is 0 Å². The van der Waals surface area contributed by atoms with Crippen LogP contribution >= 0.6 is 11.3 Å². The van der Waals surface area contributed by atoms with Crippen LogP contribution in [0.4, 0.5) is 5.69 Å². The number of hydrogen-bond acceptors (Lipinski definition) is 3. The molecule has 0 amide bonds. The Morgan fingerprint density at radius 1 is 1.30 bits per heavy atom. The molecule has 1 atom stereocenters. The van der Waals surface area contributed by atoms with Gasteiger partial charge in [-0.2, -0.15) is 0 Å². The Hall–Kier alpha value is -1.81. The molecule has 0 fully saturated rings. The zero-order chi connectivity index (χ0) is 14.5. The first-order valence-corrected chi connectivity index (χ1v) is 7.54. The Kier molecular flexibility index (Phi) is 4.79. The van der Waals surface area contributed by atoms with Crippen molar-refractivity contribution in [3.63, 3.8) is 0 Å². The largest absolute Gasteiger partial charge is 0.481 e. The minimum absolute atomic E-state index is 0.142. The first-order valence-electron chi connectivity index (χ1n) is 6.66. The summed E-state index contributed by atoms with van der Waals surface area (Å²) in [5.74, 6) is -0.763. The second kappa shape index (κ2) is 6.57. The van der Waals surface area contributed by atoms with Gasteiger partial charge in [-0.25, -0.2) is 0 Å². The fraction of sp³-hybridized carbons (Fsp3) is 0.312. The maximum absolute atomic E-state index is 10.9. The highest BCUT2D eigenvalue weighted by Crippen LogP contribution is 2.29. The molecule has 0 bridgehead atoms. The van der Waals surface area contributed by atoms with Crippen molar-refractivity contribution in [1.82, 2.24) is 0 Å². The molecule has 0 aliphatic heterocycles. The Labute approximate surface area is 123 Å². The first-order chi connectivity index (χ1) is 9.58. The summed E-state index contributed by atoms with van der Waals surface area (Å²) >= 11 is 1.70. The molecule has 1 unspecified atom stereocenters. The number of carboxylic acids is 1. The molecule has 0 saturated heterocycles. The summed E-state index contributed by atoms with van der Waals surface area (Å²) in [5.41, 5.74) is 2.27. The Morgan fingerprint density at radius 3 is 2.55 bits per heavy atom. The van der Waals surface area contributed by atoms with Gasteiger partial charge in [-0.15, -0.1) is 11.3 Å². The van der Waals surface area contributed by atoms with Crippen molar-refractivity contribution in [3.05, 3.63) is 52.2 Å². The lowest BCUT2D eigenvalue weighted by atomic mass is 10.1. The van der Waals surface area contributed by atoms with E-state index in [0.717, 1.165) is 5.69 Å². The van der Waals surface area contributed by atoms with Crippen LogP contribution < -0.4 is 4.90 Å². The van der Waals surface area contributed by atoms with Crippen molar-refractivity contribution < 1.29 is 9.90 Å². The number of aliphatic carboxylic acids is 1. The number of aryl methyl sites for hydroxylation is 1. The third kappa shape index (κ3) is 3.61. The van der Waals surface area contributed by atoms with Crippen LogP contribution in [0.15, 0.2) is 41.8 Å². The Bertz CT molecular complexity index is 548. The molecule has 0 radical (unpaired) electrons. The third-order valence-electron chi connectivity index (χ3n) is 3.35. The van der Waals surface area contributed by atoms with Crippen molar-refractivity contribution in [2.75, 3.05) is 11.4 Å². The van der Waals surface area contributed by atoms with Gasteiger partial charge >= 0.3 is 5.97 Å². The molecule has 106 valence electrons. The maximum Gasteiger partial charge on any atom is 0.305 e. The number of carboxylic acid groups (broad SMARTS) is 1. The summed E-state index contributed by atoms with van der Waals surface area (Å²) in [6.07, 6.45) is 0.142. The van der Waals surface area contributed by atoms with Crippen LogP contribution in [-0.4, -0.2) is 17.6 Å². The average Bonchev–Trinajstić information content (AvgIpc) is 2.94. The predicted octanol–water partition coefficient (Wildman–Crippen LogP) is 4.10. The molecule has 0 saturated carbocycles. The van der Waals surface area contributed by atoms with Crippen molar-refractivity contribution in [3.8, 4) is 0 Å². The van der Waals surface area contributed by atoms with Crippen LogP contribution in [0.2, 0.25) is 0 Å². The van der Waals surface area contributed by atoms with E-state index in [1.54, 1.807) is 11.3 Å². The standard InChI is InChI=1S/C16H19NO2S/c1-12-5-7-14(8-6-12)17(10-9-16(18)19)13(2)15-4-3-11-20-15/h3-8,11,13H,9-10H2,1-2H3,(H,18,19). The highest BCUT2D eigenvalue weighted by Gasteiger charge is 2.18. The van der Waals surface area contributed by atoms with Gasteiger partial charge in [0.15, 0.2) is 0 Å². The van der Waals surface area contributed by atoms with Gasteiger partial charge in [-0.3, -0.25) is 4.79 Å². The van der Waals surface area contributed by atoms with Crippen LogP contribution in [0.25, 0.3) is 0 Å². The summed E-state index contributed by atoms with van der Waals surface area (Å²) in [5, 5.41) is 11.0. The fourth-order valence-electron chi connectivity index (χ4n) is 2.18. The quantitative estimate of drug-likeness (QED) is 0.870.